The first kappa shape index (κ1) is 10.4. The van der Waals surface area contributed by atoms with Crippen molar-refractivity contribution in [2.24, 2.45) is 0 Å². The van der Waals surface area contributed by atoms with E-state index in [1.807, 2.05) is 0 Å². The standard InChI is InChI=1S/C11H20O3/c12-9-11(5-1-2-7-14-11)8-10-4-3-6-13-10/h10,12H,1-9H2. The molecule has 2 fully saturated rings. The molecule has 0 radical (unpaired) electrons. The minimum absolute atomic E-state index is 0.146. The van der Waals surface area contributed by atoms with Crippen LogP contribution in [-0.4, -0.2) is 36.6 Å². The molecule has 0 bridgehead atoms. The summed E-state index contributed by atoms with van der Waals surface area (Å²) in [4.78, 5) is 0. The summed E-state index contributed by atoms with van der Waals surface area (Å²) in [5, 5.41) is 9.42. The van der Waals surface area contributed by atoms with Crippen LogP contribution in [0.15, 0.2) is 0 Å². The lowest BCUT2D eigenvalue weighted by atomic mass is 9.88. The van der Waals surface area contributed by atoms with Gasteiger partial charge in [0.2, 0.25) is 0 Å². The summed E-state index contributed by atoms with van der Waals surface area (Å²) in [6.45, 7) is 1.83. The van der Waals surface area contributed by atoms with Crippen LogP contribution in [0.3, 0.4) is 0 Å². The molecule has 2 aliphatic rings. The SMILES string of the molecule is OCC1(CC2CCCO2)CCCCO1. The average Bonchev–Trinajstić information content (AvgIpc) is 2.72. The molecule has 1 N–H and O–H groups in total. The fourth-order valence-corrected chi connectivity index (χ4v) is 2.48. The third kappa shape index (κ3) is 2.27. The average molecular weight is 200 g/mol. The Hall–Kier alpha value is -0.120. The van der Waals surface area contributed by atoms with Crippen LogP contribution < -0.4 is 0 Å². The Kier molecular flexibility index (Phi) is 3.42. The van der Waals surface area contributed by atoms with E-state index in [1.165, 1.54) is 6.42 Å². The molecule has 3 heteroatoms. The fraction of sp³-hybridized carbons (Fsp3) is 1.00. The van der Waals surface area contributed by atoms with Crippen molar-refractivity contribution >= 4 is 0 Å². The molecule has 2 atom stereocenters. The zero-order chi connectivity index (χ0) is 9.86. The van der Waals surface area contributed by atoms with Crippen LogP contribution in [0.5, 0.6) is 0 Å². The summed E-state index contributed by atoms with van der Waals surface area (Å²) >= 11 is 0. The van der Waals surface area contributed by atoms with E-state index in [4.69, 9.17) is 9.47 Å². The first-order valence-electron chi connectivity index (χ1n) is 5.71. The Morgan fingerprint density at radius 3 is 2.71 bits per heavy atom. The molecule has 0 aromatic rings. The van der Waals surface area contributed by atoms with Gasteiger partial charge in [0.1, 0.15) is 0 Å². The van der Waals surface area contributed by atoms with Crippen LogP contribution in [0, 0.1) is 0 Å². The predicted molar refractivity (Wildman–Crippen MR) is 53.2 cm³/mol. The molecule has 2 unspecified atom stereocenters. The van der Waals surface area contributed by atoms with Gasteiger partial charge in [0, 0.05) is 19.6 Å². The molecule has 2 aliphatic heterocycles. The topological polar surface area (TPSA) is 38.7 Å². The lowest BCUT2D eigenvalue weighted by molar-refractivity contribution is -0.129. The van der Waals surface area contributed by atoms with E-state index >= 15 is 0 Å². The molecule has 3 nitrogen and oxygen atoms in total. The van der Waals surface area contributed by atoms with Crippen molar-refractivity contribution in [2.75, 3.05) is 19.8 Å². The third-order valence-corrected chi connectivity index (χ3v) is 3.35. The van der Waals surface area contributed by atoms with Crippen molar-refractivity contribution in [1.82, 2.24) is 0 Å². The quantitative estimate of drug-likeness (QED) is 0.750. The smallest absolute Gasteiger partial charge is 0.0936 e. The second kappa shape index (κ2) is 4.60. The van der Waals surface area contributed by atoms with E-state index in [2.05, 4.69) is 0 Å². The van der Waals surface area contributed by atoms with Gasteiger partial charge in [-0.25, -0.2) is 0 Å². The summed E-state index contributed by atoms with van der Waals surface area (Å²) in [5.74, 6) is 0. The first-order valence-corrected chi connectivity index (χ1v) is 5.71. The van der Waals surface area contributed by atoms with Crippen LogP contribution in [-0.2, 0) is 9.47 Å². The van der Waals surface area contributed by atoms with Crippen molar-refractivity contribution in [3.8, 4) is 0 Å². The lowest BCUT2D eigenvalue weighted by Crippen LogP contribution is -2.42. The highest BCUT2D eigenvalue weighted by Gasteiger charge is 2.36. The van der Waals surface area contributed by atoms with Gasteiger partial charge in [-0.05, 0) is 32.1 Å². The third-order valence-electron chi connectivity index (χ3n) is 3.35. The van der Waals surface area contributed by atoms with E-state index in [0.717, 1.165) is 45.3 Å². The van der Waals surface area contributed by atoms with Crippen molar-refractivity contribution in [3.63, 3.8) is 0 Å². The van der Waals surface area contributed by atoms with Gasteiger partial charge in [-0.15, -0.1) is 0 Å². The highest BCUT2D eigenvalue weighted by molar-refractivity contribution is 4.87. The molecule has 0 aromatic carbocycles. The van der Waals surface area contributed by atoms with Crippen LogP contribution >= 0.6 is 0 Å². The van der Waals surface area contributed by atoms with E-state index in [0.29, 0.717) is 6.10 Å². The fourth-order valence-electron chi connectivity index (χ4n) is 2.48. The number of ether oxygens (including phenoxy) is 2. The molecule has 0 aliphatic carbocycles. The number of hydrogen-bond donors (Lipinski definition) is 1. The Morgan fingerprint density at radius 1 is 1.21 bits per heavy atom. The summed E-state index contributed by atoms with van der Waals surface area (Å²) < 4.78 is 11.3. The normalized spacial score (nSPS) is 38.8. The van der Waals surface area contributed by atoms with Crippen molar-refractivity contribution in [3.05, 3.63) is 0 Å². The van der Waals surface area contributed by atoms with E-state index in [-0.39, 0.29) is 12.2 Å². The van der Waals surface area contributed by atoms with Crippen LogP contribution in [0.2, 0.25) is 0 Å². The summed E-state index contributed by atoms with van der Waals surface area (Å²) in [7, 11) is 0. The summed E-state index contributed by atoms with van der Waals surface area (Å²) in [5.41, 5.74) is -0.284. The van der Waals surface area contributed by atoms with Crippen LogP contribution in [0.25, 0.3) is 0 Å². The highest BCUT2D eigenvalue weighted by atomic mass is 16.5. The number of rotatable bonds is 3. The minimum Gasteiger partial charge on any atom is -0.393 e. The van der Waals surface area contributed by atoms with Gasteiger partial charge in [0.05, 0.1) is 18.3 Å². The molecule has 2 rings (SSSR count). The number of aliphatic hydroxyl groups is 1. The second-order valence-electron chi connectivity index (χ2n) is 4.49. The molecular weight excluding hydrogens is 180 g/mol. The Balaban J connectivity index is 1.89. The maximum absolute atomic E-state index is 9.42. The first-order chi connectivity index (χ1) is 6.85. The van der Waals surface area contributed by atoms with E-state index in [9.17, 15) is 5.11 Å². The van der Waals surface area contributed by atoms with Gasteiger partial charge >= 0.3 is 0 Å². The van der Waals surface area contributed by atoms with Crippen LogP contribution in [0.1, 0.15) is 38.5 Å². The molecule has 2 saturated heterocycles. The molecule has 0 aromatic heterocycles. The highest BCUT2D eigenvalue weighted by Crippen LogP contribution is 2.32. The maximum atomic E-state index is 9.42. The molecule has 0 amide bonds. The largest absolute Gasteiger partial charge is 0.393 e. The van der Waals surface area contributed by atoms with Crippen molar-refractivity contribution < 1.29 is 14.6 Å². The van der Waals surface area contributed by atoms with E-state index < -0.39 is 0 Å². The maximum Gasteiger partial charge on any atom is 0.0936 e. The van der Waals surface area contributed by atoms with Gasteiger partial charge in [-0.1, -0.05) is 0 Å². The van der Waals surface area contributed by atoms with Gasteiger partial charge in [-0.3, -0.25) is 0 Å². The number of hydrogen-bond acceptors (Lipinski definition) is 3. The van der Waals surface area contributed by atoms with Gasteiger partial charge < -0.3 is 14.6 Å². The lowest BCUT2D eigenvalue weighted by Gasteiger charge is -2.37. The Morgan fingerprint density at radius 2 is 2.14 bits per heavy atom. The Bertz CT molecular complexity index is 169. The molecule has 0 spiro atoms. The van der Waals surface area contributed by atoms with Gasteiger partial charge in [-0.2, -0.15) is 0 Å². The second-order valence-corrected chi connectivity index (χ2v) is 4.49. The summed E-state index contributed by atoms with van der Waals surface area (Å²) in [6.07, 6.45) is 6.78. The summed E-state index contributed by atoms with van der Waals surface area (Å²) in [6, 6.07) is 0. The van der Waals surface area contributed by atoms with Gasteiger partial charge in [0.15, 0.2) is 0 Å². The van der Waals surface area contributed by atoms with Crippen molar-refractivity contribution in [2.45, 2.75) is 50.2 Å². The zero-order valence-corrected chi connectivity index (χ0v) is 8.71. The zero-order valence-electron chi connectivity index (χ0n) is 8.71. The molecule has 0 saturated carbocycles. The van der Waals surface area contributed by atoms with E-state index in [1.54, 1.807) is 0 Å². The number of aliphatic hydroxyl groups excluding tert-OH is 1. The molecule has 2 heterocycles. The van der Waals surface area contributed by atoms with Crippen molar-refractivity contribution in [1.29, 1.82) is 0 Å². The predicted octanol–water partition coefficient (Wildman–Crippen LogP) is 1.49. The molecule has 14 heavy (non-hydrogen) atoms. The molecular formula is C11H20O3. The molecule has 82 valence electrons. The van der Waals surface area contributed by atoms with Crippen LogP contribution in [0.4, 0.5) is 0 Å². The monoisotopic (exact) mass is 200 g/mol. The van der Waals surface area contributed by atoms with Gasteiger partial charge in [0.25, 0.3) is 0 Å². The Labute approximate surface area is 85.4 Å². The minimum atomic E-state index is -0.284.